The van der Waals surface area contributed by atoms with Crippen LogP contribution in [-0.2, 0) is 14.8 Å². The highest BCUT2D eigenvalue weighted by Gasteiger charge is 2.49. The van der Waals surface area contributed by atoms with Gasteiger partial charge in [0.25, 0.3) is 15.9 Å². The van der Waals surface area contributed by atoms with Crippen LogP contribution in [0.15, 0.2) is 48.2 Å². The summed E-state index contributed by atoms with van der Waals surface area (Å²) in [6.07, 6.45) is 1.45. The van der Waals surface area contributed by atoms with Crippen molar-refractivity contribution in [2.24, 2.45) is 0 Å². The normalized spacial score (nSPS) is 19.2. The van der Waals surface area contributed by atoms with Crippen LogP contribution in [0.3, 0.4) is 0 Å². The molecule has 0 bridgehead atoms. The van der Waals surface area contributed by atoms with Crippen molar-refractivity contribution < 1.29 is 17.9 Å². The Hall–Kier alpha value is -3.14. The molecule has 9 nitrogen and oxygen atoms in total. The van der Waals surface area contributed by atoms with Crippen LogP contribution in [-0.4, -0.2) is 60.6 Å². The monoisotopic (exact) mass is 471 g/mol. The summed E-state index contributed by atoms with van der Waals surface area (Å²) in [6, 6.07) is 12.4. The second-order valence-corrected chi connectivity index (χ2v) is 10.9. The molecule has 1 aromatic heterocycles. The minimum Gasteiger partial charge on any atom is -0.480 e. The Kier molecular flexibility index (Phi) is 6.04. The van der Waals surface area contributed by atoms with Crippen molar-refractivity contribution in [3.8, 4) is 5.88 Å². The average molecular weight is 472 g/mol. The van der Waals surface area contributed by atoms with Gasteiger partial charge in [0, 0.05) is 25.2 Å². The third-order valence-electron chi connectivity index (χ3n) is 5.77. The van der Waals surface area contributed by atoms with Gasteiger partial charge in [-0.25, -0.2) is 12.7 Å². The number of benzene rings is 1. The Morgan fingerprint density at radius 2 is 1.70 bits per heavy atom. The van der Waals surface area contributed by atoms with E-state index in [4.69, 9.17) is 4.74 Å². The number of anilines is 1. The van der Waals surface area contributed by atoms with Crippen LogP contribution in [0.1, 0.15) is 39.2 Å². The van der Waals surface area contributed by atoms with Crippen molar-refractivity contribution in [2.75, 3.05) is 25.1 Å². The van der Waals surface area contributed by atoms with Crippen molar-refractivity contribution in [1.29, 1.82) is 0 Å². The van der Waals surface area contributed by atoms with E-state index in [1.807, 2.05) is 12.1 Å². The molecular weight excluding hydrogens is 442 g/mol. The summed E-state index contributed by atoms with van der Waals surface area (Å²) in [7, 11) is -2.44. The van der Waals surface area contributed by atoms with Crippen molar-refractivity contribution in [3.05, 3.63) is 53.7 Å². The number of piperidine rings is 1. The number of methoxy groups -OCH3 is 1. The molecule has 1 saturated heterocycles. The molecule has 1 aromatic carbocycles. The molecular formula is C23H29N5O4S. The number of amides is 1. The van der Waals surface area contributed by atoms with E-state index in [0.717, 1.165) is 23.0 Å². The van der Waals surface area contributed by atoms with Crippen molar-refractivity contribution in [3.63, 3.8) is 0 Å². The van der Waals surface area contributed by atoms with Gasteiger partial charge in [-0.2, -0.15) is 0 Å². The van der Waals surface area contributed by atoms with Crippen LogP contribution in [0.25, 0.3) is 4.91 Å². The molecule has 33 heavy (non-hydrogen) atoms. The van der Waals surface area contributed by atoms with Crippen LogP contribution in [0.2, 0.25) is 0 Å². The van der Waals surface area contributed by atoms with Crippen molar-refractivity contribution >= 4 is 26.7 Å². The van der Waals surface area contributed by atoms with Crippen LogP contribution < -0.4 is 15.0 Å². The molecule has 0 aliphatic carbocycles. The molecule has 10 heteroatoms. The largest absolute Gasteiger partial charge is 0.480 e. The van der Waals surface area contributed by atoms with E-state index in [1.165, 1.54) is 0 Å². The van der Waals surface area contributed by atoms with E-state index in [-0.39, 0.29) is 16.6 Å². The number of ether oxygens (including phenoxy) is 1. The number of carbonyl (C=O) groups excluding carboxylic acids is 1. The molecule has 1 N–H and O–H groups in total. The van der Waals surface area contributed by atoms with E-state index in [1.54, 1.807) is 58.2 Å². The van der Waals surface area contributed by atoms with E-state index in [9.17, 15) is 13.2 Å². The highest BCUT2D eigenvalue weighted by Crippen LogP contribution is 2.39. The lowest BCUT2D eigenvalue weighted by atomic mass is 10.0. The van der Waals surface area contributed by atoms with Crippen LogP contribution in [0.4, 0.5) is 5.82 Å². The summed E-state index contributed by atoms with van der Waals surface area (Å²) in [5, 5.41) is 11.5. The molecule has 0 saturated carbocycles. The number of rotatable bonds is 5. The first kappa shape index (κ1) is 23.0. The molecule has 0 radical (unpaired) electrons. The first-order valence-corrected chi connectivity index (χ1v) is 12.4. The predicted octanol–water partition coefficient (Wildman–Crippen LogP) is 2.38. The van der Waals surface area contributed by atoms with E-state index >= 15 is 0 Å². The Balaban J connectivity index is 1.58. The zero-order chi connectivity index (χ0) is 23.8. The summed E-state index contributed by atoms with van der Waals surface area (Å²) in [5.74, 6) is 0.710. The van der Waals surface area contributed by atoms with Crippen LogP contribution in [0, 0.1) is 0 Å². The molecule has 2 aliphatic heterocycles. The van der Waals surface area contributed by atoms with Crippen molar-refractivity contribution in [2.45, 2.75) is 45.2 Å². The van der Waals surface area contributed by atoms with Crippen molar-refractivity contribution in [1.82, 2.24) is 19.8 Å². The molecule has 2 aliphatic rings. The van der Waals surface area contributed by atoms with E-state index in [0.29, 0.717) is 24.5 Å². The Morgan fingerprint density at radius 1 is 1.03 bits per heavy atom. The molecule has 1 fully saturated rings. The fourth-order valence-corrected chi connectivity index (χ4v) is 6.30. The molecule has 0 spiro atoms. The molecule has 0 unspecified atom stereocenters. The first-order valence-electron chi connectivity index (χ1n) is 10.9. The maximum atomic E-state index is 13.5. The zero-order valence-corrected chi connectivity index (χ0v) is 20.1. The maximum absolute atomic E-state index is 13.5. The summed E-state index contributed by atoms with van der Waals surface area (Å²) in [6.45, 7) is 6.58. The van der Waals surface area contributed by atoms with Crippen LogP contribution in [0.5, 0.6) is 5.88 Å². The third-order valence-corrected chi connectivity index (χ3v) is 7.92. The summed E-state index contributed by atoms with van der Waals surface area (Å²) < 4.78 is 33.0. The number of nitrogens with one attached hydrogen (secondary N) is 1. The molecule has 2 aromatic rings. The van der Waals surface area contributed by atoms with Gasteiger partial charge < -0.3 is 15.0 Å². The van der Waals surface area contributed by atoms with Gasteiger partial charge in [-0.05, 0) is 45.2 Å². The van der Waals surface area contributed by atoms with Crippen LogP contribution >= 0.6 is 0 Å². The Bertz CT molecular complexity index is 1150. The quantitative estimate of drug-likeness (QED) is 0.709. The fraction of sp³-hybridized carbons (Fsp3) is 0.435. The lowest BCUT2D eigenvalue weighted by Crippen LogP contribution is -2.48. The van der Waals surface area contributed by atoms with Gasteiger partial charge in [0.05, 0.1) is 12.6 Å². The van der Waals surface area contributed by atoms with Gasteiger partial charge >= 0.3 is 0 Å². The SMILES string of the molecule is COc1ccc(N2CCC(NC3=C(c4ccccc4)S(=O)(=O)N(C(C)(C)C)C3=O)CC2)nn1. The van der Waals surface area contributed by atoms with Gasteiger partial charge in [0.15, 0.2) is 5.82 Å². The standard InChI is InChI=1S/C23H29N5O4S/c1-23(2,3)28-22(29)20(21(33(28,30)31)16-8-6-5-7-9-16)24-17-12-14-27(15-13-17)18-10-11-19(32-4)26-25-18/h5-11,17,24H,12-15H2,1-4H3. The second-order valence-electron chi connectivity index (χ2n) is 9.16. The topological polar surface area (TPSA) is 105 Å². The third kappa shape index (κ3) is 4.39. The number of sulfonamides is 1. The number of nitrogens with zero attached hydrogens (tertiary/aromatic N) is 4. The first-order chi connectivity index (χ1) is 15.6. The molecule has 3 heterocycles. The maximum Gasteiger partial charge on any atom is 0.285 e. The number of hydrogen-bond donors (Lipinski definition) is 1. The summed E-state index contributed by atoms with van der Waals surface area (Å²) in [5.41, 5.74) is -0.222. The zero-order valence-electron chi connectivity index (χ0n) is 19.3. The Morgan fingerprint density at radius 3 is 2.24 bits per heavy atom. The van der Waals surface area contributed by atoms with Gasteiger partial charge in [0.1, 0.15) is 10.6 Å². The predicted molar refractivity (Wildman–Crippen MR) is 126 cm³/mol. The Labute approximate surface area is 194 Å². The molecule has 4 rings (SSSR count). The van der Waals surface area contributed by atoms with Gasteiger partial charge in [-0.15, -0.1) is 10.2 Å². The minimum absolute atomic E-state index is 0.0414. The van der Waals surface area contributed by atoms with E-state index in [2.05, 4.69) is 20.4 Å². The summed E-state index contributed by atoms with van der Waals surface area (Å²) >= 11 is 0. The van der Waals surface area contributed by atoms with E-state index < -0.39 is 21.5 Å². The lowest BCUT2D eigenvalue weighted by molar-refractivity contribution is -0.125. The van der Waals surface area contributed by atoms with Gasteiger partial charge in [-0.1, -0.05) is 30.3 Å². The number of aromatic nitrogens is 2. The molecule has 0 atom stereocenters. The average Bonchev–Trinajstić information content (AvgIpc) is 2.99. The number of hydrogen-bond acceptors (Lipinski definition) is 8. The lowest BCUT2D eigenvalue weighted by Gasteiger charge is -2.34. The summed E-state index contributed by atoms with van der Waals surface area (Å²) in [4.78, 5) is 15.5. The van der Waals surface area contributed by atoms with Gasteiger partial charge in [0.2, 0.25) is 5.88 Å². The highest BCUT2D eigenvalue weighted by molar-refractivity contribution is 7.99. The fourth-order valence-electron chi connectivity index (χ4n) is 4.25. The highest BCUT2D eigenvalue weighted by atomic mass is 32.2. The minimum atomic E-state index is -3.99. The smallest absolute Gasteiger partial charge is 0.285 e. The molecule has 176 valence electrons. The number of carbonyl (C=O) groups is 1. The van der Waals surface area contributed by atoms with Gasteiger partial charge in [-0.3, -0.25) is 4.79 Å². The molecule has 1 amide bonds. The second kappa shape index (κ2) is 8.66.